The van der Waals surface area contributed by atoms with Crippen molar-refractivity contribution >= 4 is 5.91 Å². The fraction of sp³-hybridized carbons (Fsp3) is 0.529. The summed E-state index contributed by atoms with van der Waals surface area (Å²) in [5.41, 5.74) is 1.91. The van der Waals surface area contributed by atoms with Crippen LogP contribution in [-0.2, 0) is 13.5 Å². The molecule has 3 rings (SSSR count). The molecule has 1 unspecified atom stereocenters. The lowest BCUT2D eigenvalue weighted by Gasteiger charge is -2.24. The standard InChI is InChI=1S/C17H23N3O3/c1-5-12-8-9-14(23-12)16(21)20-10-6-7-13(20)15-11(2)18-19(3)17(15)22-4/h8-9,13H,5-7,10H2,1-4H3. The summed E-state index contributed by atoms with van der Waals surface area (Å²) in [6.07, 6.45) is 2.66. The maximum Gasteiger partial charge on any atom is 0.290 e. The minimum absolute atomic E-state index is 0.0127. The number of carbonyl (C=O) groups excluding carboxylic acids is 1. The summed E-state index contributed by atoms with van der Waals surface area (Å²) < 4.78 is 12.9. The number of aromatic nitrogens is 2. The average Bonchev–Trinajstić information content (AvgIpc) is 3.24. The minimum atomic E-state index is -0.0579. The van der Waals surface area contributed by atoms with E-state index in [2.05, 4.69) is 5.10 Å². The van der Waals surface area contributed by atoms with Gasteiger partial charge in [-0.05, 0) is 31.9 Å². The lowest BCUT2D eigenvalue weighted by atomic mass is 10.0. The molecule has 1 atom stereocenters. The van der Waals surface area contributed by atoms with Crippen LogP contribution in [0.15, 0.2) is 16.5 Å². The van der Waals surface area contributed by atoms with Crippen molar-refractivity contribution < 1.29 is 13.9 Å². The second-order valence-corrected chi connectivity index (χ2v) is 5.91. The third kappa shape index (κ3) is 2.62. The Balaban J connectivity index is 1.93. The molecule has 3 heterocycles. The maximum absolute atomic E-state index is 12.8. The van der Waals surface area contributed by atoms with Crippen LogP contribution in [0.5, 0.6) is 5.88 Å². The number of ether oxygens (including phenoxy) is 1. The number of furan rings is 1. The fourth-order valence-corrected chi connectivity index (χ4v) is 3.41. The van der Waals surface area contributed by atoms with Gasteiger partial charge in [-0.2, -0.15) is 5.10 Å². The van der Waals surface area contributed by atoms with E-state index in [1.54, 1.807) is 17.9 Å². The highest BCUT2D eigenvalue weighted by molar-refractivity contribution is 5.92. The molecule has 1 aliphatic rings. The van der Waals surface area contributed by atoms with Gasteiger partial charge in [0, 0.05) is 20.0 Å². The molecule has 6 nitrogen and oxygen atoms in total. The van der Waals surface area contributed by atoms with Crippen molar-refractivity contribution in [1.82, 2.24) is 14.7 Å². The Morgan fingerprint density at radius 2 is 2.26 bits per heavy atom. The molecule has 23 heavy (non-hydrogen) atoms. The van der Waals surface area contributed by atoms with E-state index in [0.29, 0.717) is 5.76 Å². The van der Waals surface area contributed by atoms with Gasteiger partial charge in [0.05, 0.1) is 24.4 Å². The molecule has 0 saturated carbocycles. The molecule has 0 aliphatic carbocycles. The van der Waals surface area contributed by atoms with Gasteiger partial charge in [0.1, 0.15) is 5.76 Å². The first-order chi connectivity index (χ1) is 11.1. The molecule has 124 valence electrons. The van der Waals surface area contributed by atoms with E-state index in [9.17, 15) is 4.79 Å². The van der Waals surface area contributed by atoms with Crippen molar-refractivity contribution in [3.8, 4) is 5.88 Å². The first-order valence-electron chi connectivity index (χ1n) is 8.04. The van der Waals surface area contributed by atoms with Crippen LogP contribution in [-0.4, -0.2) is 34.2 Å². The van der Waals surface area contributed by atoms with Crippen LogP contribution in [0.1, 0.15) is 53.4 Å². The van der Waals surface area contributed by atoms with Crippen LogP contribution in [0, 0.1) is 6.92 Å². The number of nitrogens with zero attached hydrogens (tertiary/aromatic N) is 3. The van der Waals surface area contributed by atoms with Gasteiger partial charge < -0.3 is 14.1 Å². The van der Waals surface area contributed by atoms with Crippen LogP contribution >= 0.6 is 0 Å². The van der Waals surface area contributed by atoms with Gasteiger partial charge >= 0.3 is 0 Å². The van der Waals surface area contributed by atoms with E-state index in [0.717, 1.165) is 48.7 Å². The molecule has 1 saturated heterocycles. The topological polar surface area (TPSA) is 60.5 Å². The Morgan fingerprint density at radius 3 is 2.91 bits per heavy atom. The van der Waals surface area contributed by atoms with Gasteiger partial charge in [-0.1, -0.05) is 6.92 Å². The lowest BCUT2D eigenvalue weighted by Crippen LogP contribution is -2.30. The monoisotopic (exact) mass is 317 g/mol. The highest BCUT2D eigenvalue weighted by Crippen LogP contribution is 2.39. The number of amides is 1. The largest absolute Gasteiger partial charge is 0.481 e. The van der Waals surface area contributed by atoms with Gasteiger partial charge in [0.2, 0.25) is 5.88 Å². The first kappa shape index (κ1) is 15.6. The van der Waals surface area contributed by atoms with Crippen LogP contribution in [0.25, 0.3) is 0 Å². The summed E-state index contributed by atoms with van der Waals surface area (Å²) in [5.74, 6) is 1.91. The van der Waals surface area contributed by atoms with Gasteiger partial charge in [-0.25, -0.2) is 4.68 Å². The molecular formula is C17H23N3O3. The van der Waals surface area contributed by atoms with E-state index >= 15 is 0 Å². The molecule has 1 amide bonds. The van der Waals surface area contributed by atoms with Crippen molar-refractivity contribution in [3.05, 3.63) is 34.9 Å². The zero-order chi connectivity index (χ0) is 16.6. The summed E-state index contributed by atoms with van der Waals surface area (Å²) in [6.45, 7) is 4.69. The smallest absolute Gasteiger partial charge is 0.290 e. The summed E-state index contributed by atoms with van der Waals surface area (Å²) in [5, 5.41) is 4.44. The fourth-order valence-electron chi connectivity index (χ4n) is 3.41. The zero-order valence-corrected chi connectivity index (χ0v) is 14.1. The summed E-state index contributed by atoms with van der Waals surface area (Å²) in [4.78, 5) is 14.7. The van der Waals surface area contributed by atoms with Crippen molar-refractivity contribution in [2.45, 2.75) is 39.2 Å². The molecule has 2 aromatic rings. The Labute approximate surface area is 136 Å². The number of aryl methyl sites for hydroxylation is 3. The van der Waals surface area contributed by atoms with Gasteiger partial charge in [-0.3, -0.25) is 4.79 Å². The quantitative estimate of drug-likeness (QED) is 0.870. The summed E-state index contributed by atoms with van der Waals surface area (Å²) in [7, 11) is 3.50. The average molecular weight is 317 g/mol. The predicted molar refractivity (Wildman–Crippen MR) is 85.6 cm³/mol. The van der Waals surface area contributed by atoms with Crippen LogP contribution in [0.2, 0.25) is 0 Å². The van der Waals surface area contributed by atoms with Crippen LogP contribution in [0.3, 0.4) is 0 Å². The van der Waals surface area contributed by atoms with Crippen LogP contribution in [0.4, 0.5) is 0 Å². The van der Waals surface area contributed by atoms with Crippen LogP contribution < -0.4 is 4.74 Å². The highest BCUT2D eigenvalue weighted by atomic mass is 16.5. The van der Waals surface area contributed by atoms with Gasteiger partial charge in [0.15, 0.2) is 5.76 Å². The zero-order valence-electron chi connectivity index (χ0n) is 14.1. The summed E-state index contributed by atoms with van der Waals surface area (Å²) in [6, 6.07) is 3.62. The normalized spacial score (nSPS) is 17.7. The molecular weight excluding hydrogens is 294 g/mol. The molecule has 0 aromatic carbocycles. The second kappa shape index (κ2) is 6.10. The Bertz CT molecular complexity index is 717. The number of methoxy groups -OCH3 is 1. The Hall–Kier alpha value is -2.24. The molecule has 0 radical (unpaired) electrons. The summed E-state index contributed by atoms with van der Waals surface area (Å²) >= 11 is 0. The Kier molecular flexibility index (Phi) is 4.15. The van der Waals surface area contributed by atoms with Crippen molar-refractivity contribution in [2.24, 2.45) is 7.05 Å². The molecule has 0 bridgehead atoms. The lowest BCUT2D eigenvalue weighted by molar-refractivity contribution is 0.0699. The van der Waals surface area contributed by atoms with E-state index in [-0.39, 0.29) is 11.9 Å². The number of hydrogen-bond donors (Lipinski definition) is 0. The maximum atomic E-state index is 12.8. The molecule has 6 heteroatoms. The number of hydrogen-bond acceptors (Lipinski definition) is 4. The van der Waals surface area contributed by atoms with Crippen molar-refractivity contribution in [2.75, 3.05) is 13.7 Å². The SMILES string of the molecule is CCc1ccc(C(=O)N2CCCC2c2c(C)nn(C)c2OC)o1. The number of carbonyl (C=O) groups is 1. The highest BCUT2D eigenvalue weighted by Gasteiger charge is 2.36. The molecule has 1 aliphatic heterocycles. The molecule has 2 aromatic heterocycles. The van der Waals surface area contributed by atoms with Crippen molar-refractivity contribution in [3.63, 3.8) is 0 Å². The predicted octanol–water partition coefficient (Wildman–Crippen LogP) is 2.87. The third-order valence-electron chi connectivity index (χ3n) is 4.48. The Morgan fingerprint density at radius 1 is 1.48 bits per heavy atom. The van der Waals surface area contributed by atoms with E-state index < -0.39 is 0 Å². The first-order valence-corrected chi connectivity index (χ1v) is 8.04. The number of rotatable bonds is 4. The molecule has 0 spiro atoms. The molecule has 0 N–H and O–H groups in total. The van der Waals surface area contributed by atoms with E-state index in [1.165, 1.54) is 0 Å². The van der Waals surface area contributed by atoms with E-state index in [4.69, 9.17) is 9.15 Å². The van der Waals surface area contributed by atoms with E-state index in [1.807, 2.05) is 31.9 Å². The second-order valence-electron chi connectivity index (χ2n) is 5.91. The minimum Gasteiger partial charge on any atom is -0.481 e. The molecule has 1 fully saturated rings. The van der Waals surface area contributed by atoms with Gasteiger partial charge in [-0.15, -0.1) is 0 Å². The van der Waals surface area contributed by atoms with Gasteiger partial charge in [0.25, 0.3) is 5.91 Å². The number of likely N-dealkylation sites (tertiary alicyclic amines) is 1. The third-order valence-corrected chi connectivity index (χ3v) is 4.48. The van der Waals surface area contributed by atoms with Crippen molar-refractivity contribution in [1.29, 1.82) is 0 Å².